The zero-order valence-corrected chi connectivity index (χ0v) is 12.8. The molecule has 2 aromatic rings. The zero-order chi connectivity index (χ0) is 16.2. The molecule has 0 aromatic heterocycles. The van der Waals surface area contributed by atoms with Gasteiger partial charge in [-0.1, -0.05) is 30.3 Å². The first-order valence-corrected chi connectivity index (χ1v) is 6.91. The van der Waals surface area contributed by atoms with Crippen LogP contribution in [0.4, 0.5) is 0 Å². The first-order chi connectivity index (χ1) is 10.7. The molecule has 116 valence electrons. The highest BCUT2D eigenvalue weighted by atomic mass is 16.5. The molecule has 0 bridgehead atoms. The number of Topliss-reactive ketones (excluding diaryl/α,β-unsaturated/α-hetero) is 1. The molecule has 22 heavy (non-hydrogen) atoms. The van der Waals surface area contributed by atoms with Gasteiger partial charge >= 0.3 is 0 Å². The van der Waals surface area contributed by atoms with E-state index in [0.29, 0.717) is 18.6 Å². The number of hydrogen-bond donors (Lipinski definition) is 0. The standard InChI is InChI=1S/2C9H10O2/c1-7(10)8-3-5-9(11-2)6-4-8;10-8-11-7-6-9-4-2-1-3-5-9/h3-6H,1-2H3;1-5,8H,6-7H2. The van der Waals surface area contributed by atoms with Gasteiger partial charge < -0.3 is 9.47 Å². The van der Waals surface area contributed by atoms with Gasteiger partial charge in [0.1, 0.15) is 5.75 Å². The molecule has 0 N–H and O–H groups in total. The van der Waals surface area contributed by atoms with E-state index in [9.17, 15) is 9.59 Å². The summed E-state index contributed by atoms with van der Waals surface area (Å²) in [6.45, 7) is 2.48. The summed E-state index contributed by atoms with van der Waals surface area (Å²) in [6, 6.07) is 17.0. The maximum absolute atomic E-state index is 10.8. The smallest absolute Gasteiger partial charge is 0.293 e. The van der Waals surface area contributed by atoms with Gasteiger partial charge in [0.25, 0.3) is 6.47 Å². The van der Waals surface area contributed by atoms with Crippen LogP contribution in [0.1, 0.15) is 22.8 Å². The second-order valence-corrected chi connectivity index (χ2v) is 4.49. The Kier molecular flexibility index (Phi) is 8.05. The van der Waals surface area contributed by atoms with Gasteiger partial charge in [-0.15, -0.1) is 0 Å². The van der Waals surface area contributed by atoms with Crippen molar-refractivity contribution in [1.29, 1.82) is 0 Å². The van der Waals surface area contributed by atoms with Crippen LogP contribution in [-0.4, -0.2) is 26.0 Å². The van der Waals surface area contributed by atoms with Crippen LogP contribution in [0.5, 0.6) is 5.75 Å². The summed E-state index contributed by atoms with van der Waals surface area (Å²) in [6.07, 6.45) is 0.791. The van der Waals surface area contributed by atoms with Crippen molar-refractivity contribution in [2.45, 2.75) is 13.3 Å². The summed E-state index contributed by atoms with van der Waals surface area (Å²) in [7, 11) is 1.60. The Balaban J connectivity index is 0.000000220. The van der Waals surface area contributed by atoms with Gasteiger partial charge in [0.05, 0.1) is 13.7 Å². The number of rotatable bonds is 6. The molecule has 0 heterocycles. The molecule has 0 spiro atoms. The van der Waals surface area contributed by atoms with Gasteiger partial charge in [-0.05, 0) is 36.8 Å². The lowest BCUT2D eigenvalue weighted by molar-refractivity contribution is -0.128. The van der Waals surface area contributed by atoms with Crippen LogP contribution in [0.3, 0.4) is 0 Å². The number of ketones is 1. The first kappa shape index (κ1) is 17.4. The molecule has 0 unspecified atom stereocenters. The van der Waals surface area contributed by atoms with E-state index in [1.54, 1.807) is 38.3 Å². The number of methoxy groups -OCH3 is 1. The maximum Gasteiger partial charge on any atom is 0.293 e. The number of carbonyl (C=O) groups is 2. The average Bonchev–Trinajstić information content (AvgIpc) is 2.57. The maximum atomic E-state index is 10.8. The molecular weight excluding hydrogens is 280 g/mol. The Bertz CT molecular complexity index is 561. The summed E-state index contributed by atoms with van der Waals surface area (Å²) in [5.74, 6) is 0.850. The van der Waals surface area contributed by atoms with Crippen molar-refractivity contribution in [2.24, 2.45) is 0 Å². The molecule has 0 aliphatic rings. The Morgan fingerprint density at radius 2 is 1.68 bits per heavy atom. The van der Waals surface area contributed by atoms with E-state index in [1.807, 2.05) is 30.3 Å². The van der Waals surface area contributed by atoms with E-state index in [-0.39, 0.29) is 5.78 Å². The fourth-order valence-electron chi connectivity index (χ4n) is 1.70. The number of carbonyl (C=O) groups excluding carboxylic acids is 2. The normalized spacial score (nSPS) is 9.18. The highest BCUT2D eigenvalue weighted by Gasteiger charge is 1.97. The van der Waals surface area contributed by atoms with Crippen LogP contribution in [0.25, 0.3) is 0 Å². The quantitative estimate of drug-likeness (QED) is 0.466. The highest BCUT2D eigenvalue weighted by molar-refractivity contribution is 5.94. The summed E-state index contributed by atoms with van der Waals surface area (Å²) in [4.78, 5) is 20.6. The fourth-order valence-corrected chi connectivity index (χ4v) is 1.70. The van der Waals surface area contributed by atoms with E-state index in [4.69, 9.17) is 4.74 Å². The van der Waals surface area contributed by atoms with Crippen LogP contribution in [0.2, 0.25) is 0 Å². The Morgan fingerprint density at radius 3 is 2.18 bits per heavy atom. The van der Waals surface area contributed by atoms with E-state index in [1.165, 1.54) is 5.56 Å². The van der Waals surface area contributed by atoms with E-state index in [2.05, 4.69) is 4.74 Å². The number of ether oxygens (including phenoxy) is 2. The Morgan fingerprint density at radius 1 is 1.05 bits per heavy atom. The van der Waals surface area contributed by atoms with E-state index in [0.717, 1.165) is 12.2 Å². The minimum Gasteiger partial charge on any atom is -0.497 e. The molecule has 0 saturated carbocycles. The minimum atomic E-state index is 0.0765. The molecule has 0 atom stereocenters. The van der Waals surface area contributed by atoms with Crippen molar-refractivity contribution >= 4 is 12.3 Å². The molecule has 0 aliphatic carbocycles. The van der Waals surface area contributed by atoms with Crippen molar-refractivity contribution in [2.75, 3.05) is 13.7 Å². The molecule has 0 fully saturated rings. The third-order valence-corrected chi connectivity index (χ3v) is 2.92. The highest BCUT2D eigenvalue weighted by Crippen LogP contribution is 2.11. The van der Waals surface area contributed by atoms with Crippen molar-refractivity contribution in [3.8, 4) is 5.75 Å². The molecular formula is C18H20O4. The summed E-state index contributed by atoms with van der Waals surface area (Å²) in [5, 5.41) is 0. The topological polar surface area (TPSA) is 52.6 Å². The number of benzene rings is 2. The lowest BCUT2D eigenvalue weighted by Gasteiger charge is -1.98. The molecule has 4 heteroatoms. The van der Waals surface area contributed by atoms with Gasteiger partial charge in [0.15, 0.2) is 5.78 Å². The van der Waals surface area contributed by atoms with Crippen LogP contribution in [-0.2, 0) is 16.0 Å². The third kappa shape index (κ3) is 6.70. The Hall–Kier alpha value is -2.62. The van der Waals surface area contributed by atoms with Crippen molar-refractivity contribution in [3.63, 3.8) is 0 Å². The van der Waals surface area contributed by atoms with Crippen molar-refractivity contribution in [3.05, 3.63) is 65.7 Å². The van der Waals surface area contributed by atoms with Gasteiger partial charge in [0, 0.05) is 12.0 Å². The molecule has 0 amide bonds. The lowest BCUT2D eigenvalue weighted by atomic mass is 10.1. The molecule has 4 nitrogen and oxygen atoms in total. The Labute approximate surface area is 130 Å². The monoisotopic (exact) mass is 300 g/mol. The molecule has 2 rings (SSSR count). The van der Waals surface area contributed by atoms with Crippen molar-refractivity contribution in [1.82, 2.24) is 0 Å². The minimum absolute atomic E-state index is 0.0765. The molecule has 0 saturated heterocycles. The predicted octanol–water partition coefficient (Wildman–Crippen LogP) is 3.30. The van der Waals surface area contributed by atoms with Crippen LogP contribution in [0, 0.1) is 0 Å². The van der Waals surface area contributed by atoms with E-state index < -0.39 is 0 Å². The fraction of sp³-hybridized carbons (Fsp3) is 0.222. The van der Waals surface area contributed by atoms with Gasteiger partial charge in [-0.3, -0.25) is 9.59 Å². The summed E-state index contributed by atoms with van der Waals surface area (Å²) < 4.78 is 9.49. The largest absolute Gasteiger partial charge is 0.497 e. The van der Waals surface area contributed by atoms with Gasteiger partial charge in [-0.25, -0.2) is 0 Å². The lowest BCUT2D eigenvalue weighted by Crippen LogP contribution is -1.95. The first-order valence-electron chi connectivity index (χ1n) is 6.91. The third-order valence-electron chi connectivity index (χ3n) is 2.92. The average molecular weight is 300 g/mol. The molecule has 0 aliphatic heterocycles. The van der Waals surface area contributed by atoms with Gasteiger partial charge in [0.2, 0.25) is 0 Å². The van der Waals surface area contributed by atoms with Crippen LogP contribution in [0.15, 0.2) is 54.6 Å². The van der Waals surface area contributed by atoms with Crippen molar-refractivity contribution < 1.29 is 19.1 Å². The summed E-state index contributed by atoms with van der Waals surface area (Å²) >= 11 is 0. The predicted molar refractivity (Wildman–Crippen MR) is 85.2 cm³/mol. The van der Waals surface area contributed by atoms with E-state index >= 15 is 0 Å². The summed E-state index contributed by atoms with van der Waals surface area (Å²) in [5.41, 5.74) is 1.90. The SMILES string of the molecule is COc1ccc(C(C)=O)cc1.O=COCCc1ccccc1. The molecule has 0 radical (unpaired) electrons. The van der Waals surface area contributed by atoms with Crippen LogP contribution < -0.4 is 4.74 Å². The van der Waals surface area contributed by atoms with Gasteiger partial charge in [-0.2, -0.15) is 0 Å². The number of hydrogen-bond acceptors (Lipinski definition) is 4. The second kappa shape index (κ2) is 10.2. The van der Waals surface area contributed by atoms with Crippen LogP contribution >= 0.6 is 0 Å². The molecule has 2 aromatic carbocycles. The second-order valence-electron chi connectivity index (χ2n) is 4.49. The zero-order valence-electron chi connectivity index (χ0n) is 12.8.